The van der Waals surface area contributed by atoms with Gasteiger partial charge in [0.15, 0.2) is 0 Å². The number of thioether (sulfide) groups is 1. The Morgan fingerprint density at radius 2 is 1.50 bits per heavy atom. The fourth-order valence-corrected chi connectivity index (χ4v) is 6.85. The Labute approximate surface area is 183 Å². The number of fused-ring (bicyclic) bond motifs is 2. The second-order valence-electron chi connectivity index (χ2n) is 8.55. The summed E-state index contributed by atoms with van der Waals surface area (Å²) in [6.45, 7) is 3.16. The number of hydrogen-bond acceptors (Lipinski definition) is 3. The topological polar surface area (TPSA) is 23.5 Å². The highest BCUT2D eigenvalue weighted by Gasteiger charge is 2.46. The molecule has 2 nitrogen and oxygen atoms in total. The smallest absolute Gasteiger partial charge is 0.0802 e. The van der Waals surface area contributed by atoms with Crippen LogP contribution in [0.25, 0.3) is 0 Å². The van der Waals surface area contributed by atoms with Crippen LogP contribution >= 0.6 is 11.8 Å². The molecule has 3 heteroatoms. The van der Waals surface area contributed by atoms with E-state index in [0.717, 1.165) is 31.6 Å². The van der Waals surface area contributed by atoms with Gasteiger partial charge in [0.1, 0.15) is 0 Å². The lowest BCUT2D eigenvalue weighted by Gasteiger charge is -2.40. The number of hydrogen-bond donors (Lipinski definition) is 1. The molecule has 0 amide bonds. The van der Waals surface area contributed by atoms with Crippen LogP contribution in [-0.2, 0) is 4.75 Å². The van der Waals surface area contributed by atoms with Gasteiger partial charge in [0.2, 0.25) is 0 Å². The molecule has 0 aromatic heterocycles. The minimum absolute atomic E-state index is 0.228. The average molecular weight is 416 g/mol. The standard InChI is InChI=1S/C27H29NOS/c29-25(21-9-3-1-4-10-21)15-18-28-19-16-27(17-20-28)24-14-8-7-13-23(24)26(30-27)22-11-5-2-6-12-22/h1-14,25-26,29H,15-20H2. The molecule has 0 aliphatic carbocycles. The van der Waals surface area contributed by atoms with Crippen LogP contribution < -0.4 is 0 Å². The fraction of sp³-hybridized carbons (Fsp3) is 0.333. The van der Waals surface area contributed by atoms with Crippen LogP contribution in [0.3, 0.4) is 0 Å². The van der Waals surface area contributed by atoms with Crippen molar-refractivity contribution in [2.24, 2.45) is 0 Å². The van der Waals surface area contributed by atoms with Crippen LogP contribution in [0.4, 0.5) is 0 Å². The average Bonchev–Trinajstić information content (AvgIpc) is 3.14. The third-order valence-corrected chi connectivity index (χ3v) is 8.59. The van der Waals surface area contributed by atoms with Crippen molar-refractivity contribution in [2.45, 2.75) is 35.4 Å². The quantitative estimate of drug-likeness (QED) is 0.558. The Morgan fingerprint density at radius 1 is 0.867 bits per heavy atom. The second kappa shape index (κ2) is 8.58. The number of rotatable bonds is 5. The molecular weight excluding hydrogens is 386 g/mol. The summed E-state index contributed by atoms with van der Waals surface area (Å²) in [5.41, 5.74) is 5.49. The predicted octanol–water partition coefficient (Wildman–Crippen LogP) is 5.94. The summed E-state index contributed by atoms with van der Waals surface area (Å²) in [5.74, 6) is 0. The summed E-state index contributed by atoms with van der Waals surface area (Å²) in [4.78, 5) is 2.54. The van der Waals surface area contributed by atoms with E-state index in [0.29, 0.717) is 5.25 Å². The van der Waals surface area contributed by atoms with Crippen molar-refractivity contribution in [3.8, 4) is 0 Å². The lowest BCUT2D eigenvalue weighted by atomic mass is 9.84. The Balaban J connectivity index is 1.26. The van der Waals surface area contributed by atoms with Gasteiger partial charge >= 0.3 is 0 Å². The van der Waals surface area contributed by atoms with Crippen molar-refractivity contribution >= 4 is 11.8 Å². The highest BCUT2D eigenvalue weighted by molar-refractivity contribution is 8.01. The van der Waals surface area contributed by atoms with Gasteiger partial charge in [-0.15, -0.1) is 11.8 Å². The van der Waals surface area contributed by atoms with Crippen LogP contribution in [0.2, 0.25) is 0 Å². The van der Waals surface area contributed by atoms with Crippen molar-refractivity contribution in [2.75, 3.05) is 19.6 Å². The van der Waals surface area contributed by atoms with Crippen LogP contribution in [0.1, 0.15) is 52.9 Å². The van der Waals surface area contributed by atoms with E-state index in [-0.39, 0.29) is 10.9 Å². The molecule has 1 saturated heterocycles. The van der Waals surface area contributed by atoms with Gasteiger partial charge < -0.3 is 10.0 Å². The van der Waals surface area contributed by atoms with Crippen LogP contribution in [0, 0.1) is 0 Å². The van der Waals surface area contributed by atoms with Crippen LogP contribution in [0.15, 0.2) is 84.9 Å². The number of benzene rings is 3. The molecule has 1 spiro atoms. The third-order valence-electron chi connectivity index (χ3n) is 6.75. The second-order valence-corrected chi connectivity index (χ2v) is 10.0. The normalized spacial score (nSPS) is 21.4. The maximum Gasteiger partial charge on any atom is 0.0802 e. The Kier molecular flexibility index (Phi) is 5.68. The monoisotopic (exact) mass is 415 g/mol. The van der Waals surface area contributed by atoms with Gasteiger partial charge in [0.25, 0.3) is 0 Å². The van der Waals surface area contributed by atoms with E-state index in [9.17, 15) is 5.11 Å². The van der Waals surface area contributed by atoms with E-state index in [1.807, 2.05) is 30.3 Å². The highest BCUT2D eigenvalue weighted by atomic mass is 32.2. The first-order valence-electron chi connectivity index (χ1n) is 11.0. The molecule has 2 atom stereocenters. The van der Waals surface area contributed by atoms with Gasteiger partial charge in [-0.05, 0) is 54.6 Å². The SMILES string of the molecule is OC(CCN1CCC2(CC1)SC(c1ccccc1)c1ccccc12)c1ccccc1. The summed E-state index contributed by atoms with van der Waals surface area (Å²) >= 11 is 2.16. The highest BCUT2D eigenvalue weighted by Crippen LogP contribution is 2.61. The first-order chi connectivity index (χ1) is 14.8. The number of nitrogens with zero attached hydrogens (tertiary/aromatic N) is 1. The first-order valence-corrected chi connectivity index (χ1v) is 11.9. The van der Waals surface area contributed by atoms with Gasteiger partial charge in [-0.3, -0.25) is 0 Å². The number of aliphatic hydroxyl groups is 1. The Hall–Kier alpha value is -2.07. The molecule has 154 valence electrons. The van der Waals surface area contributed by atoms with E-state index in [1.54, 1.807) is 5.56 Å². The number of piperidine rings is 1. The first kappa shape index (κ1) is 19.9. The minimum atomic E-state index is -0.369. The van der Waals surface area contributed by atoms with Crippen LogP contribution in [0.5, 0.6) is 0 Å². The van der Waals surface area contributed by atoms with E-state index in [4.69, 9.17) is 0 Å². The lowest BCUT2D eigenvalue weighted by molar-refractivity contribution is 0.128. The van der Waals surface area contributed by atoms with Gasteiger partial charge in [-0.25, -0.2) is 0 Å². The van der Waals surface area contributed by atoms with Gasteiger partial charge in [0, 0.05) is 11.3 Å². The molecular formula is C27H29NOS. The molecule has 2 unspecified atom stereocenters. The number of aliphatic hydroxyl groups excluding tert-OH is 1. The Morgan fingerprint density at radius 3 is 2.23 bits per heavy atom. The summed E-state index contributed by atoms with van der Waals surface area (Å²) in [7, 11) is 0. The van der Waals surface area contributed by atoms with E-state index < -0.39 is 0 Å². The fourth-order valence-electron chi connectivity index (χ4n) is 5.04. The molecule has 2 aliphatic heterocycles. The van der Waals surface area contributed by atoms with Crippen molar-refractivity contribution in [1.29, 1.82) is 0 Å². The largest absolute Gasteiger partial charge is 0.388 e. The molecule has 3 aromatic rings. The molecule has 30 heavy (non-hydrogen) atoms. The maximum absolute atomic E-state index is 10.5. The van der Waals surface area contributed by atoms with Crippen molar-refractivity contribution < 1.29 is 5.11 Å². The molecule has 0 radical (unpaired) electrons. The molecule has 2 aliphatic rings. The predicted molar refractivity (Wildman–Crippen MR) is 126 cm³/mol. The van der Waals surface area contributed by atoms with E-state index >= 15 is 0 Å². The molecule has 1 fully saturated rings. The minimum Gasteiger partial charge on any atom is -0.388 e. The summed E-state index contributed by atoms with van der Waals surface area (Å²) in [6.07, 6.45) is 2.79. The zero-order valence-electron chi connectivity index (χ0n) is 17.3. The Bertz CT molecular complexity index is 966. The summed E-state index contributed by atoms with van der Waals surface area (Å²) in [6, 6.07) is 30.1. The zero-order chi connectivity index (χ0) is 20.4. The molecule has 3 aromatic carbocycles. The zero-order valence-corrected chi connectivity index (χ0v) is 18.1. The summed E-state index contributed by atoms with van der Waals surface area (Å²) < 4.78 is 0.228. The van der Waals surface area contributed by atoms with E-state index in [2.05, 4.69) is 71.3 Å². The van der Waals surface area contributed by atoms with Crippen LogP contribution in [-0.4, -0.2) is 29.6 Å². The van der Waals surface area contributed by atoms with Gasteiger partial charge in [-0.2, -0.15) is 0 Å². The van der Waals surface area contributed by atoms with Gasteiger partial charge in [0.05, 0.1) is 11.4 Å². The molecule has 2 heterocycles. The van der Waals surface area contributed by atoms with Crippen molar-refractivity contribution in [3.63, 3.8) is 0 Å². The van der Waals surface area contributed by atoms with Crippen molar-refractivity contribution in [1.82, 2.24) is 4.90 Å². The van der Waals surface area contributed by atoms with Gasteiger partial charge in [-0.1, -0.05) is 84.9 Å². The lowest BCUT2D eigenvalue weighted by Crippen LogP contribution is -2.40. The molecule has 1 N–H and O–H groups in total. The maximum atomic E-state index is 10.5. The third kappa shape index (κ3) is 3.82. The number of likely N-dealkylation sites (tertiary alicyclic amines) is 1. The molecule has 0 bridgehead atoms. The summed E-state index contributed by atoms with van der Waals surface area (Å²) in [5, 5.41) is 11.0. The van der Waals surface area contributed by atoms with Crippen molar-refractivity contribution in [3.05, 3.63) is 107 Å². The molecule has 0 saturated carbocycles. The van der Waals surface area contributed by atoms with E-state index in [1.165, 1.54) is 24.0 Å². The molecule has 5 rings (SSSR count).